The molecular weight excluding hydrogens is 482 g/mol. The summed E-state index contributed by atoms with van der Waals surface area (Å²) < 4.78 is 20.1. The van der Waals surface area contributed by atoms with E-state index in [2.05, 4.69) is 93.4 Å². The van der Waals surface area contributed by atoms with Crippen molar-refractivity contribution in [2.24, 2.45) is 0 Å². The predicted molar refractivity (Wildman–Crippen MR) is 163 cm³/mol. The Morgan fingerprint density at radius 2 is 1.23 bits per heavy atom. The second kappa shape index (κ2) is 18.6. The Morgan fingerprint density at radius 3 is 1.82 bits per heavy atom. The lowest BCUT2D eigenvalue weighted by atomic mass is 10.0. The zero-order valence-electron chi connectivity index (χ0n) is 25.2. The molecule has 39 heavy (non-hydrogen) atoms. The monoisotopic (exact) mass is 537 g/mol. The molecule has 0 amide bonds. The molecule has 0 spiro atoms. The van der Waals surface area contributed by atoms with E-state index in [1.807, 2.05) is 0 Å². The first-order valence-corrected chi connectivity index (χ1v) is 15.8. The third kappa shape index (κ3) is 11.0. The molecule has 2 aromatic carbocycles. The Labute approximate surface area is 239 Å². The van der Waals surface area contributed by atoms with Gasteiger partial charge in [0.1, 0.15) is 6.10 Å². The van der Waals surface area contributed by atoms with Crippen molar-refractivity contribution in [3.05, 3.63) is 71.8 Å². The van der Waals surface area contributed by atoms with E-state index < -0.39 is 0 Å². The van der Waals surface area contributed by atoms with Gasteiger partial charge in [0.2, 0.25) is 0 Å². The van der Waals surface area contributed by atoms with Crippen LogP contribution in [0.15, 0.2) is 60.7 Å². The van der Waals surface area contributed by atoms with Crippen LogP contribution in [0.25, 0.3) is 0 Å². The highest BCUT2D eigenvalue weighted by Crippen LogP contribution is 2.34. The fourth-order valence-corrected chi connectivity index (χ4v) is 5.81. The van der Waals surface area contributed by atoms with Crippen molar-refractivity contribution < 1.29 is 14.2 Å². The minimum absolute atomic E-state index is 0.00347. The molecule has 0 heterocycles. The van der Waals surface area contributed by atoms with Crippen LogP contribution in [0.1, 0.15) is 103 Å². The van der Waals surface area contributed by atoms with Crippen LogP contribution in [0.3, 0.4) is 0 Å². The third-order valence-electron chi connectivity index (χ3n) is 8.36. The summed E-state index contributed by atoms with van der Waals surface area (Å²) in [5.41, 5.74) is 2.42. The summed E-state index contributed by atoms with van der Waals surface area (Å²) in [5, 5.41) is 0. The SMILES string of the molecule is CCCCCCCO[C@H]1[C@H](N(C)C(C)CCCCCC)[C@@H](OCc2ccccc2)C[C@H]1OCc1ccccc1. The van der Waals surface area contributed by atoms with Crippen LogP contribution >= 0.6 is 0 Å². The largest absolute Gasteiger partial charge is 0.374 e. The van der Waals surface area contributed by atoms with Gasteiger partial charge in [-0.1, -0.05) is 126 Å². The molecule has 2 aromatic rings. The molecule has 1 aliphatic carbocycles. The highest BCUT2D eigenvalue weighted by atomic mass is 16.6. The first kappa shape index (κ1) is 31.8. The summed E-state index contributed by atoms with van der Waals surface area (Å²) in [6.07, 6.45) is 13.5. The lowest BCUT2D eigenvalue weighted by Crippen LogP contribution is -2.51. The lowest BCUT2D eigenvalue weighted by molar-refractivity contribution is -0.0951. The fraction of sp³-hybridized carbons (Fsp3) is 0.657. The molecule has 1 fully saturated rings. The zero-order chi connectivity index (χ0) is 27.7. The maximum Gasteiger partial charge on any atom is 0.102 e. The number of hydrogen-bond donors (Lipinski definition) is 0. The van der Waals surface area contributed by atoms with Gasteiger partial charge in [0, 0.05) is 19.1 Å². The summed E-state index contributed by atoms with van der Waals surface area (Å²) in [6, 6.07) is 21.7. The molecule has 0 N–H and O–H groups in total. The van der Waals surface area contributed by atoms with E-state index in [9.17, 15) is 0 Å². The molecule has 0 aromatic heterocycles. The molecule has 5 atom stereocenters. The van der Waals surface area contributed by atoms with Gasteiger partial charge in [-0.15, -0.1) is 0 Å². The smallest absolute Gasteiger partial charge is 0.102 e. The third-order valence-corrected chi connectivity index (χ3v) is 8.36. The van der Waals surface area contributed by atoms with Crippen LogP contribution in [0.4, 0.5) is 0 Å². The second-order valence-electron chi connectivity index (χ2n) is 11.5. The van der Waals surface area contributed by atoms with Gasteiger partial charge in [-0.3, -0.25) is 4.90 Å². The van der Waals surface area contributed by atoms with Crippen molar-refractivity contribution in [3.63, 3.8) is 0 Å². The molecule has 4 heteroatoms. The van der Waals surface area contributed by atoms with Gasteiger partial charge in [-0.05, 0) is 37.9 Å². The first-order chi connectivity index (χ1) is 19.1. The standard InChI is InChI=1S/C35H55NO3/c1-5-7-9-11-19-25-37-35-33(39-28-31-23-17-13-18-24-31)26-32(38-27-30-21-15-12-16-22-30)34(35)36(4)29(3)20-14-10-8-6-2/h12-13,15-18,21-24,29,32-35H,5-11,14,19-20,25-28H2,1-4H3/t29?,32-,33+,34+,35+/m0/s1. The quantitative estimate of drug-likeness (QED) is 0.158. The van der Waals surface area contributed by atoms with Crippen molar-refractivity contribution in [3.8, 4) is 0 Å². The average molecular weight is 538 g/mol. The number of rotatable bonds is 20. The van der Waals surface area contributed by atoms with Crippen LogP contribution in [0.2, 0.25) is 0 Å². The van der Waals surface area contributed by atoms with Gasteiger partial charge in [0.05, 0.1) is 31.5 Å². The van der Waals surface area contributed by atoms with Crippen LogP contribution < -0.4 is 0 Å². The van der Waals surface area contributed by atoms with E-state index in [0.29, 0.717) is 19.3 Å². The topological polar surface area (TPSA) is 30.9 Å². The summed E-state index contributed by atoms with van der Waals surface area (Å²) >= 11 is 0. The number of nitrogens with zero attached hydrogens (tertiary/aromatic N) is 1. The van der Waals surface area contributed by atoms with Crippen LogP contribution in [-0.2, 0) is 27.4 Å². The van der Waals surface area contributed by atoms with Gasteiger partial charge in [0.15, 0.2) is 0 Å². The summed E-state index contributed by atoms with van der Waals surface area (Å²) in [5.74, 6) is 0. The zero-order valence-corrected chi connectivity index (χ0v) is 25.2. The highest BCUT2D eigenvalue weighted by molar-refractivity contribution is 5.15. The average Bonchev–Trinajstić information content (AvgIpc) is 3.32. The number of ether oxygens (including phenoxy) is 3. The van der Waals surface area contributed by atoms with Gasteiger partial charge in [-0.25, -0.2) is 0 Å². The summed E-state index contributed by atoms with van der Waals surface area (Å²) in [6.45, 7) is 8.94. The second-order valence-corrected chi connectivity index (χ2v) is 11.5. The molecule has 1 aliphatic rings. The Balaban J connectivity index is 1.73. The lowest BCUT2D eigenvalue weighted by Gasteiger charge is -2.38. The number of unbranched alkanes of at least 4 members (excludes halogenated alkanes) is 7. The molecule has 0 radical (unpaired) electrons. The van der Waals surface area contributed by atoms with Crippen LogP contribution in [0, 0.1) is 0 Å². The van der Waals surface area contributed by atoms with Crippen LogP contribution in [0.5, 0.6) is 0 Å². The Hall–Kier alpha value is -1.72. The molecule has 1 unspecified atom stereocenters. The van der Waals surface area contributed by atoms with E-state index in [1.54, 1.807) is 0 Å². The Morgan fingerprint density at radius 1 is 0.692 bits per heavy atom. The summed E-state index contributed by atoms with van der Waals surface area (Å²) in [7, 11) is 2.28. The van der Waals surface area contributed by atoms with Crippen molar-refractivity contribution in [1.29, 1.82) is 0 Å². The minimum atomic E-state index is 0.00347. The number of benzene rings is 2. The molecule has 1 saturated carbocycles. The van der Waals surface area contributed by atoms with Crippen LogP contribution in [-0.4, -0.2) is 49.0 Å². The van der Waals surface area contributed by atoms with Crippen molar-refractivity contribution >= 4 is 0 Å². The molecule has 0 saturated heterocycles. The van der Waals surface area contributed by atoms with E-state index in [-0.39, 0.29) is 24.4 Å². The van der Waals surface area contributed by atoms with E-state index in [4.69, 9.17) is 14.2 Å². The maximum absolute atomic E-state index is 6.75. The van der Waals surface area contributed by atoms with Crippen molar-refractivity contribution in [2.75, 3.05) is 13.7 Å². The Kier molecular flexibility index (Phi) is 15.2. The Bertz CT molecular complexity index is 861. The number of likely N-dealkylation sites (N-methyl/N-ethyl adjacent to an activating group) is 1. The molecular formula is C35H55NO3. The highest BCUT2D eigenvalue weighted by Gasteiger charge is 2.48. The summed E-state index contributed by atoms with van der Waals surface area (Å²) in [4.78, 5) is 2.55. The normalized spacial score (nSPS) is 22.0. The molecule has 218 valence electrons. The molecule has 0 aliphatic heterocycles. The fourth-order valence-electron chi connectivity index (χ4n) is 5.81. The molecule has 3 rings (SSSR count). The van der Waals surface area contributed by atoms with Crippen molar-refractivity contribution in [2.45, 2.75) is 135 Å². The maximum atomic E-state index is 6.75. The van der Waals surface area contributed by atoms with Gasteiger partial charge in [0.25, 0.3) is 0 Å². The van der Waals surface area contributed by atoms with E-state index in [1.165, 1.54) is 68.9 Å². The van der Waals surface area contributed by atoms with Gasteiger partial charge >= 0.3 is 0 Å². The molecule has 0 bridgehead atoms. The minimum Gasteiger partial charge on any atom is -0.374 e. The van der Waals surface area contributed by atoms with Crippen molar-refractivity contribution in [1.82, 2.24) is 4.90 Å². The van der Waals surface area contributed by atoms with Gasteiger partial charge in [-0.2, -0.15) is 0 Å². The molecule has 4 nitrogen and oxygen atoms in total. The predicted octanol–water partition coefficient (Wildman–Crippen LogP) is 8.58. The van der Waals surface area contributed by atoms with E-state index >= 15 is 0 Å². The van der Waals surface area contributed by atoms with E-state index in [0.717, 1.165) is 19.4 Å². The number of hydrogen-bond acceptors (Lipinski definition) is 4. The van der Waals surface area contributed by atoms with Gasteiger partial charge < -0.3 is 14.2 Å². The first-order valence-electron chi connectivity index (χ1n) is 15.8.